The van der Waals surface area contributed by atoms with Gasteiger partial charge in [0.2, 0.25) is 15.9 Å². The molecule has 2 aromatic rings. The number of hydrogen-bond acceptors (Lipinski definition) is 6. The largest absolute Gasteiger partial charge is 0.339 e. The summed E-state index contributed by atoms with van der Waals surface area (Å²) < 4.78 is 32.8. The monoisotopic (exact) mass is 353 g/mol. The molecule has 132 valence electrons. The molecule has 0 spiro atoms. The van der Waals surface area contributed by atoms with Crippen molar-refractivity contribution in [3.8, 4) is 0 Å². The van der Waals surface area contributed by atoms with Gasteiger partial charge in [-0.1, -0.05) is 12.1 Å². The Hall–Kier alpha value is -1.74. The minimum Gasteiger partial charge on any atom is -0.339 e. The average molecular weight is 353 g/mol. The zero-order valence-corrected chi connectivity index (χ0v) is 14.9. The molecule has 3 heterocycles. The first kappa shape index (κ1) is 17.1. The van der Waals surface area contributed by atoms with Crippen LogP contribution in [0.4, 0.5) is 0 Å². The molecule has 0 aliphatic carbocycles. The van der Waals surface area contributed by atoms with Gasteiger partial charge >= 0.3 is 0 Å². The molecule has 0 fully saturated rings. The van der Waals surface area contributed by atoms with E-state index < -0.39 is 10.0 Å². The summed E-state index contributed by atoms with van der Waals surface area (Å²) in [5.41, 5.74) is 0.759. The molecule has 0 bridgehead atoms. The number of rotatable bonds is 7. The van der Waals surface area contributed by atoms with Crippen molar-refractivity contribution in [2.45, 2.75) is 58.7 Å². The van der Waals surface area contributed by atoms with Crippen LogP contribution in [0.2, 0.25) is 0 Å². The van der Waals surface area contributed by atoms with E-state index >= 15 is 0 Å². The van der Waals surface area contributed by atoms with E-state index in [2.05, 4.69) is 19.7 Å². The molecule has 8 nitrogen and oxygen atoms in total. The predicted molar refractivity (Wildman–Crippen MR) is 87.5 cm³/mol. The van der Waals surface area contributed by atoms with Gasteiger partial charge in [0.05, 0.1) is 25.0 Å². The minimum absolute atomic E-state index is 0.0915. The molecule has 3 rings (SSSR count). The second kappa shape index (κ2) is 7.02. The number of fused-ring (bicyclic) bond motifs is 1. The van der Waals surface area contributed by atoms with E-state index in [1.807, 2.05) is 13.1 Å². The summed E-state index contributed by atoms with van der Waals surface area (Å²) in [5.74, 6) is 1.96. The number of aromatic nitrogens is 4. The highest BCUT2D eigenvalue weighted by molar-refractivity contribution is 7.88. The van der Waals surface area contributed by atoms with Gasteiger partial charge in [-0.25, -0.2) is 13.4 Å². The topological polar surface area (TPSA) is 94.1 Å². The molecule has 0 radical (unpaired) electrons. The summed E-state index contributed by atoms with van der Waals surface area (Å²) in [6.07, 6.45) is 7.96. The fourth-order valence-corrected chi connectivity index (χ4v) is 3.56. The highest BCUT2D eigenvalue weighted by Crippen LogP contribution is 2.17. The molecule has 1 aliphatic rings. The fourth-order valence-electron chi connectivity index (χ4n) is 2.85. The molecule has 0 atom stereocenters. The predicted octanol–water partition coefficient (Wildman–Crippen LogP) is 1.52. The van der Waals surface area contributed by atoms with Crippen molar-refractivity contribution < 1.29 is 12.9 Å². The van der Waals surface area contributed by atoms with Gasteiger partial charge in [0.1, 0.15) is 5.82 Å². The molecule has 0 amide bonds. The smallest absolute Gasteiger partial charge is 0.226 e. The third-order valence-corrected chi connectivity index (χ3v) is 5.25. The number of hydrogen-bond donors (Lipinski definition) is 0. The van der Waals surface area contributed by atoms with Gasteiger partial charge in [0, 0.05) is 25.6 Å². The molecule has 0 saturated heterocycles. The Morgan fingerprint density at radius 1 is 1.29 bits per heavy atom. The van der Waals surface area contributed by atoms with Gasteiger partial charge in [-0.05, 0) is 19.3 Å². The Morgan fingerprint density at radius 2 is 2.12 bits per heavy atom. The van der Waals surface area contributed by atoms with Crippen LogP contribution < -0.4 is 0 Å². The molecule has 0 unspecified atom stereocenters. The number of sulfonamides is 1. The normalized spacial score (nSPS) is 15.0. The lowest BCUT2D eigenvalue weighted by molar-refractivity contribution is 0.352. The highest BCUT2D eigenvalue weighted by Gasteiger charge is 2.22. The summed E-state index contributed by atoms with van der Waals surface area (Å²) in [6.45, 7) is 3.28. The lowest BCUT2D eigenvalue weighted by atomic mass is 10.2. The van der Waals surface area contributed by atoms with Crippen LogP contribution in [-0.2, 0) is 42.5 Å². The van der Waals surface area contributed by atoms with E-state index in [4.69, 9.17) is 4.52 Å². The van der Waals surface area contributed by atoms with Crippen LogP contribution in [-0.4, -0.2) is 38.7 Å². The average Bonchev–Trinajstić information content (AvgIpc) is 3.12. The minimum atomic E-state index is -3.40. The van der Waals surface area contributed by atoms with Crippen LogP contribution in [0.15, 0.2) is 10.7 Å². The Labute approximate surface area is 141 Å². The van der Waals surface area contributed by atoms with Crippen molar-refractivity contribution in [2.24, 2.45) is 0 Å². The summed E-state index contributed by atoms with van der Waals surface area (Å²) in [6, 6.07) is 0. The maximum Gasteiger partial charge on any atom is 0.226 e. The van der Waals surface area contributed by atoms with Crippen LogP contribution >= 0.6 is 0 Å². The van der Waals surface area contributed by atoms with Crippen LogP contribution in [0.25, 0.3) is 0 Å². The van der Waals surface area contributed by atoms with Gasteiger partial charge in [-0.15, -0.1) is 0 Å². The molecular weight excluding hydrogens is 330 g/mol. The van der Waals surface area contributed by atoms with Gasteiger partial charge in [0.25, 0.3) is 0 Å². The Kier molecular flexibility index (Phi) is 5.00. The molecule has 0 aromatic carbocycles. The van der Waals surface area contributed by atoms with Gasteiger partial charge in [-0.2, -0.15) is 9.29 Å². The fraction of sp³-hybridized carbons (Fsp3) is 0.667. The van der Waals surface area contributed by atoms with E-state index in [1.165, 1.54) is 10.6 Å². The number of nitrogens with zero attached hydrogens (tertiary/aromatic N) is 5. The van der Waals surface area contributed by atoms with E-state index in [0.717, 1.165) is 43.7 Å². The van der Waals surface area contributed by atoms with Crippen LogP contribution in [0.3, 0.4) is 0 Å². The second-order valence-electron chi connectivity index (χ2n) is 6.18. The Bertz CT molecular complexity index is 772. The maximum absolute atomic E-state index is 12.1. The van der Waals surface area contributed by atoms with Gasteiger partial charge in [-0.3, -0.25) is 0 Å². The molecule has 0 saturated carbocycles. The Morgan fingerprint density at radius 3 is 2.83 bits per heavy atom. The Balaban J connectivity index is 1.75. The van der Waals surface area contributed by atoms with E-state index in [9.17, 15) is 8.42 Å². The van der Waals surface area contributed by atoms with Crippen molar-refractivity contribution in [3.05, 3.63) is 29.4 Å². The van der Waals surface area contributed by atoms with E-state index in [-0.39, 0.29) is 13.1 Å². The second-order valence-corrected chi connectivity index (χ2v) is 8.17. The van der Waals surface area contributed by atoms with Crippen LogP contribution in [0.1, 0.15) is 49.4 Å². The highest BCUT2D eigenvalue weighted by atomic mass is 32.2. The molecule has 1 aliphatic heterocycles. The zero-order valence-electron chi connectivity index (χ0n) is 14.1. The van der Waals surface area contributed by atoms with Crippen molar-refractivity contribution in [1.29, 1.82) is 0 Å². The first-order valence-corrected chi connectivity index (χ1v) is 10.1. The zero-order chi connectivity index (χ0) is 17.2. The summed E-state index contributed by atoms with van der Waals surface area (Å²) in [4.78, 5) is 8.82. The van der Waals surface area contributed by atoms with Gasteiger partial charge < -0.3 is 9.09 Å². The molecular formula is C15H23N5O3S. The van der Waals surface area contributed by atoms with E-state index in [0.29, 0.717) is 18.1 Å². The molecule has 0 N–H and O–H groups in total. The quantitative estimate of drug-likeness (QED) is 0.749. The molecule has 9 heteroatoms. The summed E-state index contributed by atoms with van der Waals surface area (Å²) in [7, 11) is -3.40. The first-order valence-electron chi connectivity index (χ1n) is 8.27. The first-order chi connectivity index (χ1) is 11.5. The third kappa shape index (κ3) is 4.02. The van der Waals surface area contributed by atoms with Crippen molar-refractivity contribution in [1.82, 2.24) is 24.0 Å². The summed E-state index contributed by atoms with van der Waals surface area (Å²) in [5, 5.41) is 3.88. The van der Waals surface area contributed by atoms with Crippen molar-refractivity contribution in [3.63, 3.8) is 0 Å². The lowest BCUT2D eigenvalue weighted by Gasteiger charge is -2.16. The number of aryl methyl sites for hydroxylation is 3. The van der Waals surface area contributed by atoms with Crippen molar-refractivity contribution in [2.75, 3.05) is 6.26 Å². The summed E-state index contributed by atoms with van der Waals surface area (Å²) >= 11 is 0. The van der Waals surface area contributed by atoms with Crippen LogP contribution in [0, 0.1) is 0 Å². The lowest BCUT2D eigenvalue weighted by Crippen LogP contribution is -2.29. The van der Waals surface area contributed by atoms with E-state index in [1.54, 1.807) is 0 Å². The van der Waals surface area contributed by atoms with Crippen LogP contribution in [0.5, 0.6) is 0 Å². The molecule has 2 aromatic heterocycles. The SMILES string of the molecule is CCCc1nc(CN(Cc2cn3c(n2)CCCC3)S(C)(=O)=O)no1. The standard InChI is InChI=1S/C15H23N5O3S/c1-3-6-15-17-13(18-23-15)11-20(24(2,21)22)10-12-9-19-8-5-4-7-14(19)16-12/h9H,3-8,10-11H2,1-2H3. The number of imidazole rings is 1. The molecule has 24 heavy (non-hydrogen) atoms. The third-order valence-electron chi connectivity index (χ3n) is 4.06. The van der Waals surface area contributed by atoms with Gasteiger partial charge in [0.15, 0.2) is 5.82 Å². The maximum atomic E-state index is 12.1. The van der Waals surface area contributed by atoms with Crippen molar-refractivity contribution >= 4 is 10.0 Å².